The van der Waals surface area contributed by atoms with E-state index in [1.54, 1.807) is 0 Å². The Morgan fingerprint density at radius 3 is 2.03 bits per heavy atom. The van der Waals surface area contributed by atoms with Crippen LogP contribution >= 0.6 is 0 Å². The molecule has 0 heterocycles. The van der Waals surface area contributed by atoms with Gasteiger partial charge in [0.2, 0.25) is 0 Å². The summed E-state index contributed by atoms with van der Waals surface area (Å²) in [6.07, 6.45) is 1.05. The van der Waals surface area contributed by atoms with Crippen molar-refractivity contribution >= 4 is 0 Å². The summed E-state index contributed by atoms with van der Waals surface area (Å²) in [4.78, 5) is 0. The third-order valence-corrected chi connectivity index (χ3v) is 3.79. The monoisotopic (exact) mass is 489 g/mol. The summed E-state index contributed by atoms with van der Waals surface area (Å²) >= 11 is 0. The van der Waals surface area contributed by atoms with Crippen molar-refractivity contribution in [2.45, 2.75) is 81.8 Å². The molecular weight excluding hydrogens is 445 g/mol. The predicted molar refractivity (Wildman–Crippen MR) is 130 cm³/mol. The zero-order valence-corrected chi connectivity index (χ0v) is 20.2. The van der Waals surface area contributed by atoms with Crippen molar-refractivity contribution in [2.24, 2.45) is 0 Å². The molecule has 3 nitrogen and oxygen atoms in total. The zero-order valence-electron chi connectivity index (χ0n) is 17.3. The summed E-state index contributed by atoms with van der Waals surface area (Å²) < 4.78 is 5.52. The van der Waals surface area contributed by atoms with Crippen LogP contribution in [0.5, 0.6) is 5.75 Å². The Kier molecular flexibility index (Phi) is 25.4. The van der Waals surface area contributed by atoms with Crippen molar-refractivity contribution in [2.75, 3.05) is 6.61 Å². The van der Waals surface area contributed by atoms with Gasteiger partial charge >= 0.3 is 0 Å². The first-order valence-corrected chi connectivity index (χ1v) is 9.41. The van der Waals surface area contributed by atoms with E-state index in [1.807, 2.05) is 36.4 Å². The zero-order chi connectivity index (χ0) is 19.4. The van der Waals surface area contributed by atoms with E-state index in [2.05, 4.69) is 58.1 Å². The minimum Gasteiger partial charge on any atom is -0.494 e. The number of rotatable bonds is 7. The molecule has 167 valence electrons. The van der Waals surface area contributed by atoms with E-state index in [-0.39, 0.29) is 55.0 Å². The maximum Gasteiger partial charge on any atom is 0.119 e. The first-order chi connectivity index (χ1) is 12.5. The number of hydrogen-bond donors (Lipinski definition) is 1. The van der Waals surface area contributed by atoms with E-state index >= 15 is 0 Å². The summed E-state index contributed by atoms with van der Waals surface area (Å²) in [6, 6.07) is 18.7. The van der Waals surface area contributed by atoms with Gasteiger partial charge in [0, 0.05) is 45.3 Å². The molecule has 0 aliphatic rings. The van der Waals surface area contributed by atoms with Crippen molar-refractivity contribution in [3.63, 3.8) is 0 Å². The van der Waals surface area contributed by atoms with Gasteiger partial charge in [0.05, 0.1) is 18.2 Å². The number of nitriles is 1. The van der Waals surface area contributed by atoms with Crippen molar-refractivity contribution in [1.29, 1.82) is 5.26 Å². The SMILES string of the molecule is C.C.C.CC(C)c1cccc(C#N)c1.CCCOc1ccc(CNC(C)C)cc1.[Y]. The average Bonchev–Trinajstić information content (AvgIpc) is 2.66. The molecule has 1 N–H and O–H groups in total. The fourth-order valence-electron chi connectivity index (χ4n) is 2.21. The van der Waals surface area contributed by atoms with Gasteiger partial charge in [-0.3, -0.25) is 0 Å². The molecule has 0 atom stereocenters. The van der Waals surface area contributed by atoms with E-state index < -0.39 is 0 Å². The molecule has 0 aliphatic heterocycles. The Morgan fingerprint density at radius 2 is 1.57 bits per heavy atom. The molecule has 0 bridgehead atoms. The van der Waals surface area contributed by atoms with Gasteiger partial charge < -0.3 is 10.1 Å². The standard InChI is InChI=1S/C13H21NO.C10H11N.3CH4.Y/c1-4-9-15-13-7-5-12(6-8-13)10-14-11(2)3;1-8(2)10-5-3-4-9(6-10)7-11;;;;/h5-8,11,14H,4,9-10H2,1-3H3;3-6,8H,1-2H3;3*1H4;. The normalized spacial score (nSPS) is 8.87. The van der Waals surface area contributed by atoms with Crippen molar-refractivity contribution < 1.29 is 37.4 Å². The summed E-state index contributed by atoms with van der Waals surface area (Å²) in [5.74, 6) is 1.47. The van der Waals surface area contributed by atoms with Crippen molar-refractivity contribution in [3.05, 3.63) is 65.2 Å². The van der Waals surface area contributed by atoms with Gasteiger partial charge in [0.25, 0.3) is 0 Å². The molecule has 0 aliphatic carbocycles. The van der Waals surface area contributed by atoms with Gasteiger partial charge in [-0.15, -0.1) is 0 Å². The summed E-state index contributed by atoms with van der Waals surface area (Å²) in [6.45, 7) is 12.4. The van der Waals surface area contributed by atoms with E-state index in [0.29, 0.717) is 12.0 Å². The van der Waals surface area contributed by atoms with Gasteiger partial charge in [0.15, 0.2) is 0 Å². The van der Waals surface area contributed by atoms with Gasteiger partial charge in [-0.1, -0.05) is 81.2 Å². The Balaban J connectivity index is -0.000000205. The number of benzene rings is 2. The molecule has 0 amide bonds. The van der Waals surface area contributed by atoms with Gasteiger partial charge in [-0.25, -0.2) is 0 Å². The first kappa shape index (κ1) is 36.2. The third kappa shape index (κ3) is 15.6. The summed E-state index contributed by atoms with van der Waals surface area (Å²) in [7, 11) is 0. The summed E-state index contributed by atoms with van der Waals surface area (Å²) in [5.41, 5.74) is 3.27. The molecule has 2 aromatic carbocycles. The van der Waals surface area contributed by atoms with Gasteiger partial charge in [0.1, 0.15) is 5.75 Å². The topological polar surface area (TPSA) is 45.0 Å². The van der Waals surface area contributed by atoms with Crippen LogP contribution in [0.1, 0.15) is 85.9 Å². The van der Waals surface area contributed by atoms with E-state index in [9.17, 15) is 0 Å². The second kappa shape index (κ2) is 21.0. The number of nitrogens with one attached hydrogen (secondary N) is 1. The smallest absolute Gasteiger partial charge is 0.119 e. The van der Waals surface area contributed by atoms with E-state index in [0.717, 1.165) is 30.9 Å². The van der Waals surface area contributed by atoms with Crippen LogP contribution in [0.15, 0.2) is 48.5 Å². The number of ether oxygens (including phenoxy) is 1. The molecule has 0 saturated heterocycles. The van der Waals surface area contributed by atoms with Crippen LogP contribution in [0.3, 0.4) is 0 Å². The van der Waals surface area contributed by atoms with Crippen molar-refractivity contribution in [1.82, 2.24) is 5.32 Å². The Morgan fingerprint density at radius 1 is 0.967 bits per heavy atom. The molecule has 0 aromatic heterocycles. The number of nitrogens with zero attached hydrogens (tertiary/aromatic N) is 1. The van der Waals surface area contributed by atoms with Crippen LogP contribution in [0.4, 0.5) is 0 Å². The van der Waals surface area contributed by atoms with E-state index in [1.165, 1.54) is 11.1 Å². The van der Waals surface area contributed by atoms with Gasteiger partial charge in [-0.2, -0.15) is 5.26 Å². The van der Waals surface area contributed by atoms with Crippen LogP contribution in [0.25, 0.3) is 0 Å². The van der Waals surface area contributed by atoms with Crippen molar-refractivity contribution in [3.8, 4) is 11.8 Å². The van der Waals surface area contributed by atoms with E-state index in [4.69, 9.17) is 10.00 Å². The molecule has 4 heteroatoms. The molecular formula is C26H44N2OY. The largest absolute Gasteiger partial charge is 0.494 e. The fraction of sp³-hybridized carbons (Fsp3) is 0.500. The Labute approximate surface area is 212 Å². The second-order valence-corrected chi connectivity index (χ2v) is 6.92. The minimum atomic E-state index is 0. The van der Waals surface area contributed by atoms with Crippen LogP contribution < -0.4 is 10.1 Å². The second-order valence-electron chi connectivity index (χ2n) is 6.92. The molecule has 0 unspecified atom stereocenters. The number of hydrogen-bond acceptors (Lipinski definition) is 3. The quantitative estimate of drug-likeness (QED) is 0.436. The third-order valence-electron chi connectivity index (χ3n) is 3.79. The molecule has 0 saturated carbocycles. The molecule has 0 spiro atoms. The molecule has 2 aromatic rings. The fourth-order valence-corrected chi connectivity index (χ4v) is 2.21. The Bertz CT molecular complexity index is 676. The van der Waals surface area contributed by atoms with Crippen LogP contribution in [-0.4, -0.2) is 12.6 Å². The average molecular weight is 490 g/mol. The Hall–Kier alpha value is -1.21. The molecule has 2 rings (SSSR count). The predicted octanol–water partition coefficient (Wildman–Crippen LogP) is 7.56. The first-order valence-electron chi connectivity index (χ1n) is 9.41. The minimum absolute atomic E-state index is 0. The summed E-state index contributed by atoms with van der Waals surface area (Å²) in [5, 5.41) is 12.0. The maximum atomic E-state index is 8.59. The van der Waals surface area contributed by atoms with Crippen LogP contribution in [0, 0.1) is 11.3 Å². The molecule has 30 heavy (non-hydrogen) atoms. The molecule has 1 radical (unpaired) electrons. The maximum absolute atomic E-state index is 8.59. The van der Waals surface area contributed by atoms with Gasteiger partial charge in [-0.05, 0) is 47.7 Å². The van der Waals surface area contributed by atoms with Crippen LogP contribution in [-0.2, 0) is 39.3 Å². The molecule has 0 fully saturated rings. The van der Waals surface area contributed by atoms with Crippen LogP contribution in [0.2, 0.25) is 0 Å².